The lowest BCUT2D eigenvalue weighted by Gasteiger charge is -2.34. The largest absolute Gasteiger partial charge is 0.468 e. The van der Waals surface area contributed by atoms with E-state index in [1.165, 1.54) is 24.1 Å². The second-order valence-corrected chi connectivity index (χ2v) is 5.46. The zero-order valence-corrected chi connectivity index (χ0v) is 11.4. The van der Waals surface area contributed by atoms with Gasteiger partial charge in [-0.25, -0.2) is 8.78 Å². The van der Waals surface area contributed by atoms with E-state index >= 15 is 0 Å². The highest BCUT2D eigenvalue weighted by atomic mass is 19.1. The van der Waals surface area contributed by atoms with Crippen LogP contribution in [0.1, 0.15) is 22.3 Å². The fourth-order valence-electron chi connectivity index (χ4n) is 2.95. The lowest BCUT2D eigenvalue weighted by molar-refractivity contribution is -0.141. The molecule has 0 aromatic heterocycles. The molecule has 1 aliphatic carbocycles. The van der Waals surface area contributed by atoms with E-state index in [2.05, 4.69) is 4.74 Å². The van der Waals surface area contributed by atoms with Gasteiger partial charge < -0.3 is 15.4 Å². The Kier molecular flexibility index (Phi) is 2.89. The van der Waals surface area contributed by atoms with Crippen LogP contribution in [0.25, 0.3) is 0 Å². The van der Waals surface area contributed by atoms with E-state index in [1.807, 2.05) is 0 Å². The van der Waals surface area contributed by atoms with Crippen LogP contribution in [0.3, 0.4) is 0 Å². The maximum absolute atomic E-state index is 14.3. The maximum atomic E-state index is 14.3. The number of halogens is 2. The highest BCUT2D eigenvalue weighted by molar-refractivity contribution is 6.00. The van der Waals surface area contributed by atoms with Crippen molar-refractivity contribution in [1.29, 1.82) is 0 Å². The monoisotopic (exact) mass is 296 g/mol. The number of nitrogens with two attached hydrogens (primary N) is 1. The number of fused-ring (bicyclic) bond motifs is 2. The molecule has 2 aliphatic rings. The van der Waals surface area contributed by atoms with Crippen LogP contribution in [0.2, 0.25) is 0 Å². The van der Waals surface area contributed by atoms with E-state index in [9.17, 15) is 18.4 Å². The average molecular weight is 296 g/mol. The molecule has 2 N–H and O–H groups in total. The van der Waals surface area contributed by atoms with Gasteiger partial charge in [0.1, 0.15) is 12.7 Å². The summed E-state index contributed by atoms with van der Waals surface area (Å²) in [4.78, 5) is 24.9. The summed E-state index contributed by atoms with van der Waals surface area (Å²) >= 11 is 0. The second kappa shape index (κ2) is 4.41. The van der Waals surface area contributed by atoms with Gasteiger partial charge in [0.25, 0.3) is 5.91 Å². The van der Waals surface area contributed by atoms with Crippen molar-refractivity contribution in [2.24, 2.45) is 0 Å². The number of hydrogen-bond acceptors (Lipinski definition) is 4. The van der Waals surface area contributed by atoms with Gasteiger partial charge in [-0.2, -0.15) is 0 Å². The standard InChI is InChI=1S/C14H14F2N2O3/c1-21-10(19)5-18-6-14(4-9(14)15)11-7(13(18)20)2-3-8(17)12(11)16/h2-3,9H,4-6,17H2,1H3/t9-,14+/m0/s1. The normalized spacial score (nSPS) is 26.7. The molecule has 2 atom stereocenters. The van der Waals surface area contributed by atoms with Crippen molar-refractivity contribution in [2.45, 2.75) is 18.0 Å². The molecule has 1 spiro atoms. The van der Waals surface area contributed by atoms with Crippen molar-refractivity contribution in [2.75, 3.05) is 25.9 Å². The quantitative estimate of drug-likeness (QED) is 0.653. The van der Waals surface area contributed by atoms with Crippen LogP contribution < -0.4 is 5.73 Å². The maximum Gasteiger partial charge on any atom is 0.325 e. The van der Waals surface area contributed by atoms with Gasteiger partial charge in [-0.1, -0.05) is 0 Å². The zero-order valence-electron chi connectivity index (χ0n) is 11.4. The number of benzene rings is 1. The Labute approximate surface area is 119 Å². The third-order valence-electron chi connectivity index (χ3n) is 4.19. The van der Waals surface area contributed by atoms with Gasteiger partial charge in [0.2, 0.25) is 0 Å². The van der Waals surface area contributed by atoms with E-state index in [-0.39, 0.29) is 36.3 Å². The van der Waals surface area contributed by atoms with Gasteiger partial charge in [0, 0.05) is 17.7 Å². The van der Waals surface area contributed by atoms with Crippen LogP contribution in [-0.2, 0) is 14.9 Å². The van der Waals surface area contributed by atoms with Gasteiger partial charge >= 0.3 is 5.97 Å². The van der Waals surface area contributed by atoms with Crippen LogP contribution in [0.4, 0.5) is 14.5 Å². The predicted molar refractivity (Wildman–Crippen MR) is 69.9 cm³/mol. The van der Waals surface area contributed by atoms with Gasteiger partial charge in [-0.05, 0) is 18.6 Å². The summed E-state index contributed by atoms with van der Waals surface area (Å²) in [5.41, 5.74) is 4.44. The number of methoxy groups -OCH3 is 1. The predicted octanol–water partition coefficient (Wildman–Crippen LogP) is 1.02. The molecule has 1 heterocycles. The van der Waals surface area contributed by atoms with Gasteiger partial charge in [-0.3, -0.25) is 9.59 Å². The number of alkyl halides is 1. The number of ether oxygens (including phenoxy) is 1. The summed E-state index contributed by atoms with van der Waals surface area (Å²) in [6.07, 6.45) is -1.13. The third-order valence-corrected chi connectivity index (χ3v) is 4.19. The summed E-state index contributed by atoms with van der Waals surface area (Å²) < 4.78 is 32.7. The van der Waals surface area contributed by atoms with E-state index in [1.54, 1.807) is 0 Å². The minimum atomic E-state index is -1.25. The first-order chi connectivity index (χ1) is 9.90. The SMILES string of the molecule is COC(=O)CN1C[C@@]2(C[C@@H]2F)c2c(ccc(N)c2F)C1=O. The Balaban J connectivity index is 2.07. The number of carbonyl (C=O) groups excluding carboxylic acids is 2. The summed E-state index contributed by atoms with van der Waals surface area (Å²) in [7, 11) is 1.20. The summed E-state index contributed by atoms with van der Waals surface area (Å²) in [5, 5.41) is 0. The molecule has 1 fully saturated rings. The van der Waals surface area contributed by atoms with E-state index in [4.69, 9.17) is 5.73 Å². The molecular formula is C14H14F2N2O3. The van der Waals surface area contributed by atoms with Crippen LogP contribution >= 0.6 is 0 Å². The molecular weight excluding hydrogens is 282 g/mol. The minimum Gasteiger partial charge on any atom is -0.468 e. The smallest absolute Gasteiger partial charge is 0.325 e. The van der Waals surface area contributed by atoms with Gasteiger partial charge in [0.05, 0.1) is 18.2 Å². The summed E-state index contributed by atoms with van der Waals surface area (Å²) in [6, 6.07) is 2.66. The molecule has 1 aromatic carbocycles. The third kappa shape index (κ3) is 1.87. The van der Waals surface area contributed by atoms with Crippen molar-refractivity contribution in [3.63, 3.8) is 0 Å². The number of anilines is 1. The highest BCUT2D eigenvalue weighted by Gasteiger charge is 2.62. The van der Waals surface area contributed by atoms with Crippen molar-refractivity contribution in [3.8, 4) is 0 Å². The van der Waals surface area contributed by atoms with Crippen molar-refractivity contribution >= 4 is 17.6 Å². The lowest BCUT2D eigenvalue weighted by Crippen LogP contribution is -2.47. The average Bonchev–Trinajstić information content (AvgIpc) is 3.09. The Morgan fingerprint density at radius 3 is 2.81 bits per heavy atom. The van der Waals surface area contributed by atoms with Crippen LogP contribution in [0, 0.1) is 5.82 Å². The van der Waals surface area contributed by atoms with E-state index in [0.29, 0.717) is 0 Å². The molecule has 1 aromatic rings. The Hall–Kier alpha value is -2.18. The topological polar surface area (TPSA) is 72.6 Å². The fraction of sp³-hybridized carbons (Fsp3) is 0.429. The first-order valence-electron chi connectivity index (χ1n) is 6.49. The molecule has 0 bridgehead atoms. The molecule has 1 saturated carbocycles. The zero-order chi connectivity index (χ0) is 15.4. The fourth-order valence-corrected chi connectivity index (χ4v) is 2.95. The van der Waals surface area contributed by atoms with Gasteiger partial charge in [-0.15, -0.1) is 0 Å². The molecule has 21 heavy (non-hydrogen) atoms. The van der Waals surface area contributed by atoms with Crippen molar-refractivity contribution in [3.05, 3.63) is 29.1 Å². The number of amides is 1. The molecule has 0 saturated heterocycles. The van der Waals surface area contributed by atoms with Crippen LogP contribution in [-0.4, -0.2) is 43.1 Å². The number of rotatable bonds is 2. The lowest BCUT2D eigenvalue weighted by atomic mass is 9.85. The van der Waals surface area contributed by atoms with Crippen molar-refractivity contribution < 1.29 is 23.1 Å². The molecule has 5 nitrogen and oxygen atoms in total. The molecule has 0 unspecified atom stereocenters. The first-order valence-corrected chi connectivity index (χ1v) is 6.49. The molecule has 1 amide bonds. The Morgan fingerprint density at radius 2 is 2.24 bits per heavy atom. The van der Waals surface area contributed by atoms with Crippen molar-refractivity contribution in [1.82, 2.24) is 4.90 Å². The number of carbonyl (C=O) groups is 2. The first kappa shape index (κ1) is 13.8. The summed E-state index contributed by atoms with van der Waals surface area (Å²) in [6.45, 7) is -0.329. The molecule has 7 heteroatoms. The Bertz CT molecular complexity index is 649. The van der Waals surface area contributed by atoms with Gasteiger partial charge in [0.15, 0.2) is 5.82 Å². The van der Waals surface area contributed by atoms with E-state index < -0.39 is 29.3 Å². The Morgan fingerprint density at radius 1 is 1.57 bits per heavy atom. The number of hydrogen-bond donors (Lipinski definition) is 1. The van der Waals surface area contributed by atoms with E-state index in [0.717, 1.165) is 0 Å². The molecule has 1 aliphatic heterocycles. The van der Waals surface area contributed by atoms with Crippen LogP contribution in [0.15, 0.2) is 12.1 Å². The highest BCUT2D eigenvalue weighted by Crippen LogP contribution is 2.55. The molecule has 3 rings (SSSR count). The summed E-state index contributed by atoms with van der Waals surface area (Å²) in [5.74, 6) is -1.85. The number of nitrogen functional groups attached to an aromatic ring is 1. The second-order valence-electron chi connectivity index (χ2n) is 5.46. The van der Waals surface area contributed by atoms with Crippen LogP contribution in [0.5, 0.6) is 0 Å². The number of nitrogens with zero attached hydrogens (tertiary/aromatic N) is 1. The minimum absolute atomic E-state index is 0.0427. The molecule has 0 radical (unpaired) electrons. The molecule has 112 valence electrons. The number of esters is 1.